The van der Waals surface area contributed by atoms with Crippen LogP contribution in [0.3, 0.4) is 0 Å². The number of nitrogens with one attached hydrogen (secondary N) is 1. The van der Waals surface area contributed by atoms with Gasteiger partial charge < -0.3 is 15.0 Å². The molecule has 2 aliphatic rings. The summed E-state index contributed by atoms with van der Waals surface area (Å²) in [7, 11) is 0. The predicted molar refractivity (Wildman–Crippen MR) is 161 cm³/mol. The number of ether oxygens (including phenoxy) is 1. The summed E-state index contributed by atoms with van der Waals surface area (Å²) in [5, 5.41) is 8.57. The second-order valence-corrected chi connectivity index (χ2v) is 9.69. The van der Waals surface area contributed by atoms with Crippen LogP contribution in [0.1, 0.15) is 29.8 Å². The molecule has 3 heterocycles. The normalized spacial score (nSPS) is 15.3. The highest BCUT2D eigenvalue weighted by Gasteiger charge is 2.41. The molecule has 0 spiro atoms. The molecule has 0 fully saturated rings. The molecule has 0 radical (unpaired) electrons. The topological polar surface area (TPSA) is 67.0 Å². The maximum Gasteiger partial charge on any atom is 0.179 e. The van der Waals surface area contributed by atoms with Gasteiger partial charge in [-0.25, -0.2) is 14.7 Å². The molecule has 40 heavy (non-hydrogen) atoms. The monoisotopic (exact) mass is 524 g/mol. The number of hydrogen-bond acceptors (Lipinski definition) is 6. The first-order valence-electron chi connectivity index (χ1n) is 13.5. The molecule has 0 saturated heterocycles. The number of para-hydroxylation sites is 5. The van der Waals surface area contributed by atoms with Crippen molar-refractivity contribution in [2.75, 3.05) is 16.8 Å². The number of fused-ring (bicyclic) bond motifs is 4. The second kappa shape index (κ2) is 9.85. The van der Waals surface area contributed by atoms with Gasteiger partial charge in [0.05, 0.1) is 41.1 Å². The highest BCUT2D eigenvalue weighted by Crippen LogP contribution is 2.48. The van der Waals surface area contributed by atoms with E-state index in [0.717, 1.165) is 57.0 Å². The Kier molecular flexibility index (Phi) is 5.89. The van der Waals surface area contributed by atoms with Crippen molar-refractivity contribution in [2.24, 2.45) is 9.98 Å². The van der Waals surface area contributed by atoms with E-state index in [0.29, 0.717) is 12.4 Å². The minimum Gasteiger partial charge on any atom is -0.492 e. The highest BCUT2D eigenvalue weighted by atomic mass is 16.5. The maximum atomic E-state index is 5.93. The fourth-order valence-electron chi connectivity index (χ4n) is 5.48. The van der Waals surface area contributed by atoms with Crippen molar-refractivity contribution in [1.29, 1.82) is 0 Å². The summed E-state index contributed by atoms with van der Waals surface area (Å²) in [6.45, 7) is 4.61. The van der Waals surface area contributed by atoms with Crippen LogP contribution in [0, 0.1) is 6.92 Å². The van der Waals surface area contributed by atoms with E-state index in [-0.39, 0.29) is 6.04 Å². The van der Waals surface area contributed by atoms with Gasteiger partial charge in [-0.05, 0) is 55.8 Å². The van der Waals surface area contributed by atoms with Crippen molar-refractivity contribution in [2.45, 2.75) is 19.9 Å². The van der Waals surface area contributed by atoms with E-state index in [2.05, 4.69) is 59.6 Å². The summed E-state index contributed by atoms with van der Waals surface area (Å²) in [5.41, 5.74) is 6.82. The third-order valence-corrected chi connectivity index (χ3v) is 7.19. The van der Waals surface area contributed by atoms with Crippen molar-refractivity contribution in [3.8, 4) is 11.4 Å². The smallest absolute Gasteiger partial charge is 0.179 e. The van der Waals surface area contributed by atoms with Crippen LogP contribution in [-0.2, 0) is 0 Å². The van der Waals surface area contributed by atoms with Crippen LogP contribution in [0.2, 0.25) is 0 Å². The standard InChI is InChI=1S/C33H28N6O/c1-3-40-28-21-13-11-19-26(28)35-31-33-36-32-29(22(2)37-39(32)24-16-8-5-9-17-24)30(23-14-6-4-7-15-23)38(33)27-20-12-10-18-25(27)34-31/h4-21,30H,3H2,1-2H3,(H,34,35). The molecule has 0 aliphatic carbocycles. The Morgan fingerprint density at radius 2 is 1.50 bits per heavy atom. The van der Waals surface area contributed by atoms with Gasteiger partial charge in [0.15, 0.2) is 17.5 Å². The van der Waals surface area contributed by atoms with Crippen LogP contribution in [0.15, 0.2) is 119 Å². The van der Waals surface area contributed by atoms with E-state index in [1.165, 1.54) is 0 Å². The Hall–Kier alpha value is -5.17. The molecule has 1 atom stereocenters. The van der Waals surface area contributed by atoms with Crippen LogP contribution < -0.4 is 15.0 Å². The summed E-state index contributed by atoms with van der Waals surface area (Å²) in [6.07, 6.45) is 0. The molecule has 7 nitrogen and oxygen atoms in total. The Labute approximate surface area is 233 Å². The van der Waals surface area contributed by atoms with Gasteiger partial charge in [0.2, 0.25) is 0 Å². The van der Waals surface area contributed by atoms with Crippen molar-refractivity contribution in [1.82, 2.24) is 9.78 Å². The Morgan fingerprint density at radius 1 is 0.800 bits per heavy atom. The molecule has 1 N–H and O–H groups in total. The lowest BCUT2D eigenvalue weighted by Crippen LogP contribution is -2.46. The van der Waals surface area contributed by atoms with Gasteiger partial charge in [0, 0.05) is 5.56 Å². The molecule has 196 valence electrons. The van der Waals surface area contributed by atoms with Gasteiger partial charge >= 0.3 is 0 Å². The first-order valence-corrected chi connectivity index (χ1v) is 13.5. The number of hydrogen-bond donors (Lipinski definition) is 1. The van der Waals surface area contributed by atoms with Crippen molar-refractivity contribution >= 4 is 34.6 Å². The van der Waals surface area contributed by atoms with E-state index >= 15 is 0 Å². The number of anilines is 2. The second-order valence-electron chi connectivity index (χ2n) is 9.69. The maximum absolute atomic E-state index is 5.93. The van der Waals surface area contributed by atoms with Crippen LogP contribution in [0.25, 0.3) is 5.69 Å². The van der Waals surface area contributed by atoms with E-state index in [1.54, 1.807) is 0 Å². The molecule has 4 aromatic carbocycles. The van der Waals surface area contributed by atoms with Gasteiger partial charge in [0.25, 0.3) is 0 Å². The summed E-state index contributed by atoms with van der Waals surface area (Å²) >= 11 is 0. The molecule has 0 saturated carbocycles. The van der Waals surface area contributed by atoms with Gasteiger partial charge in [-0.15, -0.1) is 0 Å². The molecule has 0 amide bonds. The SMILES string of the molecule is CCOc1ccccc1NC1=Nc2ccccc2N2C1=Nc1c(c(C)nn1-c1ccccc1)C2c1ccccc1. The summed E-state index contributed by atoms with van der Waals surface area (Å²) in [5.74, 6) is 2.94. The average molecular weight is 525 g/mol. The van der Waals surface area contributed by atoms with Gasteiger partial charge in [0.1, 0.15) is 5.75 Å². The molecular weight excluding hydrogens is 496 g/mol. The molecule has 0 bridgehead atoms. The molecule has 7 rings (SSSR count). The number of aromatic nitrogens is 2. The zero-order chi connectivity index (χ0) is 27.1. The molecule has 2 aliphatic heterocycles. The van der Waals surface area contributed by atoms with Crippen molar-refractivity contribution in [3.63, 3.8) is 0 Å². The molecule has 1 unspecified atom stereocenters. The lowest BCUT2D eigenvalue weighted by Gasteiger charge is -2.40. The fourth-order valence-corrected chi connectivity index (χ4v) is 5.48. The number of amidine groups is 2. The van der Waals surface area contributed by atoms with E-state index < -0.39 is 0 Å². The number of aryl methyl sites for hydroxylation is 1. The summed E-state index contributed by atoms with van der Waals surface area (Å²) in [6, 6.07) is 36.7. The highest BCUT2D eigenvalue weighted by molar-refractivity contribution is 6.51. The van der Waals surface area contributed by atoms with E-state index in [4.69, 9.17) is 19.8 Å². The molecule has 5 aromatic rings. The van der Waals surface area contributed by atoms with E-state index in [9.17, 15) is 0 Å². The van der Waals surface area contributed by atoms with Gasteiger partial charge in [-0.2, -0.15) is 5.10 Å². The Bertz CT molecular complexity index is 1760. The zero-order valence-electron chi connectivity index (χ0n) is 22.3. The zero-order valence-corrected chi connectivity index (χ0v) is 22.3. The molecular formula is C33H28N6O. The first kappa shape index (κ1) is 23.9. The van der Waals surface area contributed by atoms with Crippen LogP contribution in [0.4, 0.5) is 22.9 Å². The van der Waals surface area contributed by atoms with Gasteiger partial charge in [-0.3, -0.25) is 0 Å². The lowest BCUT2D eigenvalue weighted by molar-refractivity contribution is 0.342. The van der Waals surface area contributed by atoms with E-state index in [1.807, 2.05) is 78.3 Å². The first-order chi connectivity index (χ1) is 19.7. The third kappa shape index (κ3) is 3.94. The Balaban J connectivity index is 1.48. The molecule has 7 heteroatoms. The van der Waals surface area contributed by atoms with Crippen molar-refractivity contribution in [3.05, 3.63) is 126 Å². The lowest BCUT2D eigenvalue weighted by atomic mass is 9.93. The number of aliphatic imine (C=N–C) groups is 2. The van der Waals surface area contributed by atoms with Gasteiger partial charge in [-0.1, -0.05) is 72.8 Å². The Morgan fingerprint density at radius 3 is 2.30 bits per heavy atom. The third-order valence-electron chi connectivity index (χ3n) is 7.19. The quantitative estimate of drug-likeness (QED) is 0.261. The van der Waals surface area contributed by atoms with Crippen LogP contribution >= 0.6 is 0 Å². The average Bonchev–Trinajstić information content (AvgIpc) is 3.34. The minimum atomic E-state index is -0.156. The predicted octanol–water partition coefficient (Wildman–Crippen LogP) is 7.37. The van der Waals surface area contributed by atoms with Crippen LogP contribution in [-0.4, -0.2) is 28.1 Å². The number of nitrogens with zero attached hydrogens (tertiary/aromatic N) is 5. The molecule has 1 aromatic heterocycles. The minimum absolute atomic E-state index is 0.156. The number of benzene rings is 4. The number of rotatable bonds is 5. The van der Waals surface area contributed by atoms with Crippen LogP contribution in [0.5, 0.6) is 5.75 Å². The summed E-state index contributed by atoms with van der Waals surface area (Å²) in [4.78, 5) is 12.7. The summed E-state index contributed by atoms with van der Waals surface area (Å²) < 4.78 is 7.87. The largest absolute Gasteiger partial charge is 0.492 e. The van der Waals surface area contributed by atoms with Crippen molar-refractivity contribution < 1.29 is 4.74 Å². The fraction of sp³-hybridized carbons (Fsp3) is 0.121.